The number of para-hydroxylation sites is 1. The molecule has 0 radical (unpaired) electrons. The molecule has 0 saturated carbocycles. The fourth-order valence-corrected chi connectivity index (χ4v) is 2.97. The van der Waals surface area contributed by atoms with Gasteiger partial charge in [0.15, 0.2) is 6.61 Å². The molecule has 1 amide bonds. The van der Waals surface area contributed by atoms with E-state index >= 15 is 0 Å². The van der Waals surface area contributed by atoms with E-state index in [0.717, 1.165) is 31.7 Å². The van der Waals surface area contributed by atoms with Crippen LogP contribution in [0.5, 0.6) is 5.75 Å². The maximum atomic E-state index is 12.1. The first kappa shape index (κ1) is 16.4. The van der Waals surface area contributed by atoms with Crippen molar-refractivity contribution in [1.29, 1.82) is 0 Å². The zero-order valence-corrected chi connectivity index (χ0v) is 14.1. The van der Waals surface area contributed by atoms with Gasteiger partial charge in [0.2, 0.25) is 0 Å². The molecule has 24 heavy (non-hydrogen) atoms. The van der Waals surface area contributed by atoms with Crippen molar-refractivity contribution < 1.29 is 9.53 Å². The highest BCUT2D eigenvalue weighted by Crippen LogP contribution is 2.19. The Morgan fingerprint density at radius 1 is 1.08 bits per heavy atom. The number of hydrogen-bond acceptors (Lipinski definition) is 3. The summed E-state index contributed by atoms with van der Waals surface area (Å²) in [4.78, 5) is 14.4. The Hall–Kier alpha value is -2.49. The highest BCUT2D eigenvalue weighted by Gasteiger charge is 2.20. The third-order valence-corrected chi connectivity index (χ3v) is 4.37. The Kier molecular flexibility index (Phi) is 5.36. The number of piperidine rings is 1. The maximum absolute atomic E-state index is 12.1. The van der Waals surface area contributed by atoms with Crippen molar-refractivity contribution in [2.75, 3.05) is 24.6 Å². The van der Waals surface area contributed by atoms with Gasteiger partial charge in [-0.2, -0.15) is 0 Å². The molecule has 1 fully saturated rings. The molecule has 3 rings (SSSR count). The van der Waals surface area contributed by atoms with Gasteiger partial charge in [0.25, 0.3) is 5.91 Å². The average molecular weight is 324 g/mol. The predicted molar refractivity (Wildman–Crippen MR) is 96.5 cm³/mol. The van der Waals surface area contributed by atoms with Gasteiger partial charge >= 0.3 is 0 Å². The van der Waals surface area contributed by atoms with Crippen LogP contribution in [0.4, 0.5) is 5.69 Å². The molecule has 0 bridgehead atoms. The smallest absolute Gasteiger partial charge is 0.258 e. The van der Waals surface area contributed by atoms with Crippen LogP contribution in [-0.2, 0) is 4.79 Å². The van der Waals surface area contributed by atoms with Crippen LogP contribution in [0.25, 0.3) is 0 Å². The summed E-state index contributed by atoms with van der Waals surface area (Å²) >= 11 is 0. The van der Waals surface area contributed by atoms with Crippen molar-refractivity contribution in [3.05, 3.63) is 60.2 Å². The lowest BCUT2D eigenvalue weighted by atomic mass is 10.0. The van der Waals surface area contributed by atoms with E-state index in [1.54, 1.807) is 0 Å². The number of anilines is 1. The van der Waals surface area contributed by atoms with Crippen LogP contribution < -0.4 is 15.0 Å². The van der Waals surface area contributed by atoms with Gasteiger partial charge in [-0.15, -0.1) is 0 Å². The van der Waals surface area contributed by atoms with Crippen LogP contribution >= 0.6 is 0 Å². The van der Waals surface area contributed by atoms with Crippen LogP contribution in [0.15, 0.2) is 54.6 Å². The number of nitrogens with zero attached hydrogens (tertiary/aromatic N) is 1. The second-order valence-corrected chi connectivity index (χ2v) is 6.27. The second-order valence-electron chi connectivity index (χ2n) is 6.27. The van der Waals surface area contributed by atoms with Crippen LogP contribution in [0, 0.1) is 6.92 Å². The van der Waals surface area contributed by atoms with Gasteiger partial charge < -0.3 is 15.0 Å². The minimum atomic E-state index is -0.0475. The summed E-state index contributed by atoms with van der Waals surface area (Å²) in [5.74, 6) is 0.684. The average Bonchev–Trinajstić information content (AvgIpc) is 2.63. The number of ether oxygens (including phenoxy) is 1. The maximum Gasteiger partial charge on any atom is 0.258 e. The van der Waals surface area contributed by atoms with Gasteiger partial charge in [-0.05, 0) is 44.0 Å². The van der Waals surface area contributed by atoms with Crippen molar-refractivity contribution >= 4 is 11.6 Å². The largest absolute Gasteiger partial charge is 0.484 e. The number of benzene rings is 2. The topological polar surface area (TPSA) is 41.6 Å². The van der Waals surface area contributed by atoms with E-state index in [-0.39, 0.29) is 18.6 Å². The summed E-state index contributed by atoms with van der Waals surface area (Å²) in [6.45, 7) is 4.03. The molecule has 0 atom stereocenters. The Balaban J connectivity index is 1.41. The minimum absolute atomic E-state index is 0.0475. The van der Waals surface area contributed by atoms with Crippen molar-refractivity contribution in [1.82, 2.24) is 5.32 Å². The number of carbonyl (C=O) groups excluding carboxylic acids is 1. The third kappa shape index (κ3) is 4.51. The molecule has 126 valence electrons. The molecule has 4 nitrogen and oxygen atoms in total. The molecule has 1 saturated heterocycles. The lowest BCUT2D eigenvalue weighted by Gasteiger charge is -2.33. The number of carbonyl (C=O) groups is 1. The van der Waals surface area contributed by atoms with Gasteiger partial charge in [-0.25, -0.2) is 0 Å². The van der Waals surface area contributed by atoms with Gasteiger partial charge in [-0.3, -0.25) is 4.79 Å². The van der Waals surface area contributed by atoms with Crippen LogP contribution in [0.2, 0.25) is 0 Å². The van der Waals surface area contributed by atoms with Crippen molar-refractivity contribution in [2.24, 2.45) is 0 Å². The molecule has 4 heteroatoms. The Bertz CT molecular complexity index is 647. The van der Waals surface area contributed by atoms with Gasteiger partial charge in [-0.1, -0.05) is 35.9 Å². The zero-order chi connectivity index (χ0) is 16.8. The highest BCUT2D eigenvalue weighted by atomic mass is 16.5. The zero-order valence-electron chi connectivity index (χ0n) is 14.1. The molecule has 1 aliphatic heterocycles. The summed E-state index contributed by atoms with van der Waals surface area (Å²) in [5, 5.41) is 3.08. The Morgan fingerprint density at radius 2 is 1.75 bits per heavy atom. The number of hydrogen-bond donors (Lipinski definition) is 1. The summed E-state index contributed by atoms with van der Waals surface area (Å²) in [5.41, 5.74) is 2.43. The Morgan fingerprint density at radius 3 is 2.42 bits per heavy atom. The van der Waals surface area contributed by atoms with E-state index in [1.165, 1.54) is 11.3 Å². The van der Waals surface area contributed by atoms with E-state index in [9.17, 15) is 4.79 Å². The van der Waals surface area contributed by atoms with Gasteiger partial charge in [0.1, 0.15) is 5.75 Å². The predicted octanol–water partition coefficient (Wildman–Crippen LogP) is 3.16. The molecule has 2 aromatic rings. The highest BCUT2D eigenvalue weighted by molar-refractivity contribution is 5.77. The normalized spacial score (nSPS) is 15.1. The van der Waals surface area contributed by atoms with Crippen molar-refractivity contribution in [3.8, 4) is 5.75 Å². The second kappa shape index (κ2) is 7.86. The number of amides is 1. The number of aryl methyl sites for hydroxylation is 1. The molecular weight excluding hydrogens is 300 g/mol. The summed E-state index contributed by atoms with van der Waals surface area (Å²) in [6, 6.07) is 18.4. The first-order chi connectivity index (χ1) is 11.7. The molecule has 0 unspecified atom stereocenters. The third-order valence-electron chi connectivity index (χ3n) is 4.37. The van der Waals surface area contributed by atoms with E-state index in [4.69, 9.17) is 4.74 Å². The molecular formula is C20H24N2O2. The molecule has 1 aliphatic rings. The Labute approximate surface area is 143 Å². The monoisotopic (exact) mass is 324 g/mol. The van der Waals surface area contributed by atoms with Crippen molar-refractivity contribution in [2.45, 2.75) is 25.8 Å². The summed E-state index contributed by atoms with van der Waals surface area (Å²) in [6.07, 6.45) is 1.93. The lowest BCUT2D eigenvalue weighted by molar-refractivity contribution is -0.123. The standard InChI is InChI=1S/C20H24N2O2/c1-16-7-9-19(10-8-16)24-15-20(23)21-17-11-13-22(14-12-17)18-5-3-2-4-6-18/h2-10,17H,11-15H2,1H3,(H,21,23). The molecule has 0 spiro atoms. The summed E-state index contributed by atoms with van der Waals surface area (Å²) < 4.78 is 5.53. The SMILES string of the molecule is Cc1ccc(OCC(=O)NC2CCN(c3ccccc3)CC2)cc1. The molecule has 1 heterocycles. The van der Waals surface area contributed by atoms with Crippen LogP contribution in [-0.4, -0.2) is 31.6 Å². The molecule has 2 aromatic carbocycles. The van der Waals surface area contributed by atoms with Gasteiger partial charge in [0.05, 0.1) is 0 Å². The van der Waals surface area contributed by atoms with E-state index < -0.39 is 0 Å². The minimum Gasteiger partial charge on any atom is -0.484 e. The fourth-order valence-electron chi connectivity index (χ4n) is 2.97. The molecule has 1 N–H and O–H groups in total. The fraction of sp³-hybridized carbons (Fsp3) is 0.350. The first-order valence-corrected chi connectivity index (χ1v) is 8.49. The quantitative estimate of drug-likeness (QED) is 0.918. The number of nitrogens with one attached hydrogen (secondary N) is 1. The van der Waals surface area contributed by atoms with Crippen molar-refractivity contribution in [3.63, 3.8) is 0 Å². The molecule has 0 aromatic heterocycles. The molecule has 0 aliphatic carbocycles. The first-order valence-electron chi connectivity index (χ1n) is 8.49. The lowest BCUT2D eigenvalue weighted by Crippen LogP contribution is -2.46. The summed E-state index contributed by atoms with van der Waals surface area (Å²) in [7, 11) is 0. The van der Waals surface area contributed by atoms with Gasteiger partial charge in [0, 0.05) is 24.8 Å². The van der Waals surface area contributed by atoms with Crippen LogP contribution in [0.3, 0.4) is 0 Å². The number of rotatable bonds is 5. The van der Waals surface area contributed by atoms with E-state index in [2.05, 4.69) is 34.5 Å². The van der Waals surface area contributed by atoms with Crippen LogP contribution in [0.1, 0.15) is 18.4 Å². The van der Waals surface area contributed by atoms with E-state index in [0.29, 0.717) is 0 Å². The van der Waals surface area contributed by atoms with E-state index in [1.807, 2.05) is 37.3 Å².